The summed E-state index contributed by atoms with van der Waals surface area (Å²) in [5.74, 6) is 1.29. The zero-order valence-electron chi connectivity index (χ0n) is 7.42. The third kappa shape index (κ3) is 0.967. The third-order valence-electron chi connectivity index (χ3n) is 2.44. The number of hydrogen-bond acceptors (Lipinski definition) is 2. The molecule has 0 saturated carbocycles. The Morgan fingerprint density at radius 2 is 2.08 bits per heavy atom. The van der Waals surface area contributed by atoms with E-state index in [1.54, 1.807) is 0 Å². The van der Waals surface area contributed by atoms with Crippen molar-refractivity contribution in [1.29, 1.82) is 0 Å². The Kier molecular flexibility index (Phi) is 1.53. The molecule has 0 atom stereocenters. The van der Waals surface area contributed by atoms with Gasteiger partial charge in [0.2, 0.25) is 0 Å². The van der Waals surface area contributed by atoms with Gasteiger partial charge >= 0.3 is 0 Å². The van der Waals surface area contributed by atoms with Crippen LogP contribution in [0.15, 0.2) is 0 Å². The van der Waals surface area contributed by atoms with Crippen molar-refractivity contribution in [2.45, 2.75) is 33.2 Å². The molecule has 1 aromatic heterocycles. The van der Waals surface area contributed by atoms with E-state index in [2.05, 4.69) is 4.98 Å². The van der Waals surface area contributed by atoms with E-state index in [0.29, 0.717) is 18.7 Å². The van der Waals surface area contributed by atoms with Gasteiger partial charge in [-0.05, 0) is 20.3 Å². The summed E-state index contributed by atoms with van der Waals surface area (Å²) in [6, 6.07) is 0. The highest BCUT2D eigenvalue weighted by molar-refractivity contribution is 5.79. The van der Waals surface area contributed by atoms with Crippen molar-refractivity contribution in [3.05, 3.63) is 17.2 Å². The molecule has 0 unspecified atom stereocenters. The maximum absolute atomic E-state index is 11.1. The zero-order chi connectivity index (χ0) is 8.72. The van der Waals surface area contributed by atoms with E-state index in [4.69, 9.17) is 0 Å². The Morgan fingerprint density at radius 3 is 2.83 bits per heavy atom. The number of fused-ring (bicyclic) bond motifs is 1. The van der Waals surface area contributed by atoms with Crippen LogP contribution in [0.1, 0.15) is 23.6 Å². The van der Waals surface area contributed by atoms with Gasteiger partial charge in [-0.2, -0.15) is 0 Å². The minimum absolute atomic E-state index is 0.322. The van der Waals surface area contributed by atoms with E-state index < -0.39 is 0 Å². The Hall–Kier alpha value is -1.12. The van der Waals surface area contributed by atoms with Crippen molar-refractivity contribution in [3.63, 3.8) is 0 Å². The molecule has 1 aliphatic rings. The number of carbonyl (C=O) groups is 1. The molecule has 0 aromatic carbocycles. The number of Topliss-reactive ketones (excluding diaryl/α,β-unsaturated/α-hetero) is 1. The fourth-order valence-corrected chi connectivity index (χ4v) is 1.80. The number of nitrogens with zero attached hydrogens (tertiary/aromatic N) is 2. The van der Waals surface area contributed by atoms with E-state index in [0.717, 1.165) is 17.9 Å². The molecular formula is C9H12N2O. The first-order chi connectivity index (χ1) is 5.68. The molecular weight excluding hydrogens is 152 g/mol. The van der Waals surface area contributed by atoms with Crippen LogP contribution in [0, 0.1) is 13.8 Å². The average Bonchev–Trinajstić information content (AvgIpc) is 2.28. The number of carbonyl (C=O) groups excluding carboxylic acids is 1. The van der Waals surface area contributed by atoms with Gasteiger partial charge in [-0.1, -0.05) is 0 Å². The molecule has 2 heterocycles. The first-order valence-electron chi connectivity index (χ1n) is 4.23. The molecule has 0 fully saturated rings. The molecule has 0 aliphatic carbocycles. The SMILES string of the molecule is Cc1nc(C)n2c1CCC(=O)C2. The van der Waals surface area contributed by atoms with Crippen LogP contribution in [0.25, 0.3) is 0 Å². The number of rotatable bonds is 0. The third-order valence-corrected chi connectivity index (χ3v) is 2.44. The lowest BCUT2D eigenvalue weighted by molar-refractivity contribution is -0.120. The highest BCUT2D eigenvalue weighted by atomic mass is 16.1. The smallest absolute Gasteiger partial charge is 0.152 e. The largest absolute Gasteiger partial charge is 0.325 e. The van der Waals surface area contributed by atoms with Gasteiger partial charge in [-0.15, -0.1) is 0 Å². The molecule has 12 heavy (non-hydrogen) atoms. The second kappa shape index (κ2) is 2.44. The van der Waals surface area contributed by atoms with Crippen LogP contribution in [0.4, 0.5) is 0 Å². The fraction of sp³-hybridized carbons (Fsp3) is 0.556. The maximum atomic E-state index is 11.1. The molecule has 1 aromatic rings. The number of aromatic nitrogens is 2. The summed E-state index contributed by atoms with van der Waals surface area (Å²) < 4.78 is 2.03. The molecule has 0 spiro atoms. The lowest BCUT2D eigenvalue weighted by Gasteiger charge is -2.14. The predicted octanol–water partition coefficient (Wildman–Crippen LogP) is 1.02. The molecule has 64 valence electrons. The van der Waals surface area contributed by atoms with Gasteiger partial charge in [-0.3, -0.25) is 4.79 Å². The summed E-state index contributed by atoms with van der Waals surface area (Å²) in [4.78, 5) is 15.5. The monoisotopic (exact) mass is 164 g/mol. The minimum Gasteiger partial charge on any atom is -0.325 e. The first kappa shape index (κ1) is 7.53. The summed E-state index contributed by atoms with van der Waals surface area (Å²) in [5.41, 5.74) is 2.33. The molecule has 3 heteroatoms. The van der Waals surface area contributed by atoms with Crippen LogP contribution in [0.5, 0.6) is 0 Å². The Bertz CT molecular complexity index is 339. The molecule has 0 amide bonds. The molecule has 0 radical (unpaired) electrons. The van der Waals surface area contributed by atoms with E-state index >= 15 is 0 Å². The van der Waals surface area contributed by atoms with E-state index in [1.807, 2.05) is 18.4 Å². The molecule has 2 rings (SSSR count). The summed E-state index contributed by atoms with van der Waals surface area (Å²) >= 11 is 0. The normalized spacial score (nSPS) is 16.3. The first-order valence-corrected chi connectivity index (χ1v) is 4.23. The fourth-order valence-electron chi connectivity index (χ4n) is 1.80. The van der Waals surface area contributed by atoms with Crippen molar-refractivity contribution in [1.82, 2.24) is 9.55 Å². The van der Waals surface area contributed by atoms with Gasteiger partial charge in [0.05, 0.1) is 12.2 Å². The predicted molar refractivity (Wildman–Crippen MR) is 45.0 cm³/mol. The van der Waals surface area contributed by atoms with Gasteiger partial charge in [0.1, 0.15) is 5.82 Å². The summed E-state index contributed by atoms with van der Waals surface area (Å²) in [6.07, 6.45) is 1.55. The van der Waals surface area contributed by atoms with Gasteiger partial charge in [0, 0.05) is 12.1 Å². The Morgan fingerprint density at radius 1 is 1.33 bits per heavy atom. The molecule has 1 aliphatic heterocycles. The number of aryl methyl sites for hydroxylation is 2. The highest BCUT2D eigenvalue weighted by Gasteiger charge is 2.19. The second-order valence-corrected chi connectivity index (χ2v) is 3.32. The quantitative estimate of drug-likeness (QED) is 0.573. The van der Waals surface area contributed by atoms with Crippen LogP contribution in [0.3, 0.4) is 0 Å². The number of ketones is 1. The lowest BCUT2D eigenvalue weighted by Crippen LogP contribution is -2.20. The average molecular weight is 164 g/mol. The van der Waals surface area contributed by atoms with Crippen LogP contribution in [0.2, 0.25) is 0 Å². The van der Waals surface area contributed by atoms with Gasteiger partial charge in [0.15, 0.2) is 5.78 Å². The molecule has 0 bridgehead atoms. The van der Waals surface area contributed by atoms with Crippen LogP contribution in [-0.2, 0) is 17.8 Å². The summed E-state index contributed by atoms with van der Waals surface area (Å²) in [5, 5.41) is 0. The van der Waals surface area contributed by atoms with Crippen LogP contribution >= 0.6 is 0 Å². The minimum atomic E-state index is 0.322. The van der Waals surface area contributed by atoms with Crippen molar-refractivity contribution in [2.24, 2.45) is 0 Å². The molecule has 0 N–H and O–H groups in total. The Labute approximate surface area is 71.4 Å². The lowest BCUT2D eigenvalue weighted by atomic mass is 10.1. The van der Waals surface area contributed by atoms with Crippen molar-refractivity contribution in [3.8, 4) is 0 Å². The van der Waals surface area contributed by atoms with Crippen LogP contribution in [-0.4, -0.2) is 15.3 Å². The standard InChI is InChI=1S/C9H12N2O/c1-6-9-4-3-8(12)5-11(9)7(2)10-6/h3-5H2,1-2H3. The topological polar surface area (TPSA) is 34.9 Å². The number of hydrogen-bond donors (Lipinski definition) is 0. The Balaban J connectivity index is 2.51. The van der Waals surface area contributed by atoms with Crippen molar-refractivity contribution >= 4 is 5.78 Å². The van der Waals surface area contributed by atoms with E-state index in [1.165, 1.54) is 5.69 Å². The zero-order valence-corrected chi connectivity index (χ0v) is 7.42. The highest BCUT2D eigenvalue weighted by Crippen LogP contribution is 2.17. The summed E-state index contributed by atoms with van der Waals surface area (Å²) in [7, 11) is 0. The molecule has 0 saturated heterocycles. The van der Waals surface area contributed by atoms with Gasteiger partial charge < -0.3 is 4.57 Å². The maximum Gasteiger partial charge on any atom is 0.152 e. The van der Waals surface area contributed by atoms with Gasteiger partial charge in [0.25, 0.3) is 0 Å². The summed E-state index contributed by atoms with van der Waals surface area (Å²) in [6.45, 7) is 4.49. The second-order valence-electron chi connectivity index (χ2n) is 3.32. The van der Waals surface area contributed by atoms with Gasteiger partial charge in [-0.25, -0.2) is 4.98 Å². The van der Waals surface area contributed by atoms with Crippen molar-refractivity contribution < 1.29 is 4.79 Å². The van der Waals surface area contributed by atoms with E-state index in [9.17, 15) is 4.79 Å². The molecule has 3 nitrogen and oxygen atoms in total. The number of imidazole rings is 1. The van der Waals surface area contributed by atoms with E-state index in [-0.39, 0.29) is 0 Å². The van der Waals surface area contributed by atoms with Crippen molar-refractivity contribution in [2.75, 3.05) is 0 Å². The van der Waals surface area contributed by atoms with Crippen LogP contribution < -0.4 is 0 Å².